The first kappa shape index (κ1) is 25.2. The second-order valence-electron chi connectivity index (χ2n) is 9.01. The van der Waals surface area contributed by atoms with E-state index in [-0.39, 0.29) is 17.2 Å². The van der Waals surface area contributed by atoms with Crippen LogP contribution in [0.2, 0.25) is 0 Å². The molecule has 0 amide bonds. The summed E-state index contributed by atoms with van der Waals surface area (Å²) in [6, 6.07) is 10.9. The minimum atomic E-state index is -0.00280. The van der Waals surface area contributed by atoms with E-state index in [0.29, 0.717) is 12.6 Å². The molecule has 1 atom stereocenters. The van der Waals surface area contributed by atoms with Crippen molar-refractivity contribution in [3.8, 4) is 23.0 Å². The number of unbranched alkanes of at least 4 members (excludes halogenated alkanes) is 3. The lowest BCUT2D eigenvalue weighted by atomic mass is 9.86. The molecule has 0 spiro atoms. The van der Waals surface area contributed by atoms with Gasteiger partial charge in [0.05, 0.1) is 0 Å². The standard InChI is InChI=1S/C27H40N2O4/c1-2-17-29(22-8-13-25-21(20-22)7-14-26(31)27(25)32)18-6-4-3-5-15-28-16-19-33-24-11-9-23(30)10-12-24/h7,9-12,14,22,28,30-32H,2-6,8,13,15-20H2,1H3. The Morgan fingerprint density at radius 3 is 2.52 bits per heavy atom. The van der Waals surface area contributed by atoms with Gasteiger partial charge in [-0.1, -0.05) is 25.8 Å². The van der Waals surface area contributed by atoms with Gasteiger partial charge in [0.2, 0.25) is 0 Å². The van der Waals surface area contributed by atoms with Crippen molar-refractivity contribution in [2.45, 2.75) is 64.3 Å². The number of benzene rings is 2. The zero-order chi connectivity index (χ0) is 23.5. The van der Waals surface area contributed by atoms with Gasteiger partial charge in [-0.2, -0.15) is 0 Å². The second-order valence-corrected chi connectivity index (χ2v) is 9.01. The number of hydrogen-bond donors (Lipinski definition) is 4. The van der Waals surface area contributed by atoms with Crippen LogP contribution in [0, 0.1) is 0 Å². The topological polar surface area (TPSA) is 85.2 Å². The molecule has 0 aliphatic heterocycles. The van der Waals surface area contributed by atoms with Crippen LogP contribution in [0.25, 0.3) is 0 Å². The zero-order valence-electron chi connectivity index (χ0n) is 19.9. The maximum Gasteiger partial charge on any atom is 0.160 e. The lowest BCUT2D eigenvalue weighted by Crippen LogP contribution is -2.40. The summed E-state index contributed by atoms with van der Waals surface area (Å²) >= 11 is 0. The van der Waals surface area contributed by atoms with Gasteiger partial charge in [-0.25, -0.2) is 0 Å². The van der Waals surface area contributed by atoms with Gasteiger partial charge in [0.25, 0.3) is 0 Å². The lowest BCUT2D eigenvalue weighted by Gasteiger charge is -2.35. The van der Waals surface area contributed by atoms with E-state index in [4.69, 9.17) is 4.74 Å². The van der Waals surface area contributed by atoms with E-state index in [9.17, 15) is 15.3 Å². The van der Waals surface area contributed by atoms with Crippen molar-refractivity contribution < 1.29 is 20.1 Å². The lowest BCUT2D eigenvalue weighted by molar-refractivity contribution is 0.175. The van der Waals surface area contributed by atoms with Crippen LogP contribution in [0.4, 0.5) is 0 Å². The highest BCUT2D eigenvalue weighted by Crippen LogP contribution is 2.36. The normalized spacial score (nSPS) is 15.5. The molecule has 182 valence electrons. The van der Waals surface area contributed by atoms with E-state index in [1.165, 1.54) is 31.2 Å². The second kappa shape index (κ2) is 13.3. The van der Waals surface area contributed by atoms with Crippen molar-refractivity contribution in [2.24, 2.45) is 0 Å². The Kier molecular flexibility index (Phi) is 10.2. The Bertz CT molecular complexity index is 841. The van der Waals surface area contributed by atoms with Crippen molar-refractivity contribution in [3.63, 3.8) is 0 Å². The number of hydrogen-bond acceptors (Lipinski definition) is 6. The molecule has 0 fully saturated rings. The molecule has 2 aromatic carbocycles. The third kappa shape index (κ3) is 7.83. The Morgan fingerprint density at radius 1 is 0.939 bits per heavy atom. The Morgan fingerprint density at radius 2 is 1.73 bits per heavy atom. The van der Waals surface area contributed by atoms with Gasteiger partial charge in [0, 0.05) is 18.2 Å². The number of fused-ring (bicyclic) bond motifs is 1. The van der Waals surface area contributed by atoms with Crippen LogP contribution >= 0.6 is 0 Å². The van der Waals surface area contributed by atoms with Gasteiger partial charge < -0.3 is 30.3 Å². The molecule has 33 heavy (non-hydrogen) atoms. The highest BCUT2D eigenvalue weighted by Gasteiger charge is 2.26. The first-order valence-electron chi connectivity index (χ1n) is 12.5. The van der Waals surface area contributed by atoms with Crippen LogP contribution in [-0.4, -0.2) is 59.0 Å². The number of phenolic OH excluding ortho intramolecular Hbond substituents is 3. The molecule has 0 radical (unpaired) electrons. The summed E-state index contributed by atoms with van der Waals surface area (Å²) in [5.41, 5.74) is 2.12. The quantitative estimate of drug-likeness (QED) is 0.246. The average molecular weight is 457 g/mol. The van der Waals surface area contributed by atoms with Gasteiger partial charge in [-0.05, 0) is 94.1 Å². The molecule has 0 bridgehead atoms. The van der Waals surface area contributed by atoms with Crippen molar-refractivity contribution in [2.75, 3.05) is 32.8 Å². The molecule has 0 saturated carbocycles. The van der Waals surface area contributed by atoms with Crippen molar-refractivity contribution >= 4 is 0 Å². The van der Waals surface area contributed by atoms with Crippen LogP contribution in [-0.2, 0) is 12.8 Å². The molecule has 0 aromatic heterocycles. The van der Waals surface area contributed by atoms with E-state index in [0.717, 1.165) is 63.2 Å². The summed E-state index contributed by atoms with van der Waals surface area (Å²) < 4.78 is 5.64. The molecule has 0 heterocycles. The third-order valence-corrected chi connectivity index (χ3v) is 6.50. The van der Waals surface area contributed by atoms with Gasteiger partial charge in [-0.15, -0.1) is 0 Å². The van der Waals surface area contributed by atoms with E-state index in [1.807, 2.05) is 6.07 Å². The molecule has 2 aromatic rings. The molecular formula is C27H40N2O4. The number of rotatable bonds is 14. The van der Waals surface area contributed by atoms with Crippen LogP contribution in [0.15, 0.2) is 36.4 Å². The summed E-state index contributed by atoms with van der Waals surface area (Å²) in [5.74, 6) is 1.11. The number of nitrogens with one attached hydrogen (secondary N) is 1. The summed E-state index contributed by atoms with van der Waals surface area (Å²) in [4.78, 5) is 2.63. The molecule has 6 nitrogen and oxygen atoms in total. The van der Waals surface area contributed by atoms with Crippen LogP contribution in [0.5, 0.6) is 23.0 Å². The van der Waals surface area contributed by atoms with Crippen molar-refractivity contribution in [1.82, 2.24) is 10.2 Å². The van der Waals surface area contributed by atoms with Crippen molar-refractivity contribution in [1.29, 1.82) is 0 Å². The van der Waals surface area contributed by atoms with E-state index in [2.05, 4.69) is 17.1 Å². The van der Waals surface area contributed by atoms with Gasteiger partial charge in [0.1, 0.15) is 18.1 Å². The Labute approximate surface area is 198 Å². The highest BCUT2D eigenvalue weighted by atomic mass is 16.5. The fraction of sp³-hybridized carbons (Fsp3) is 0.556. The Hall–Kier alpha value is -2.44. The maximum absolute atomic E-state index is 10.1. The molecule has 1 unspecified atom stereocenters. The molecule has 1 aliphatic carbocycles. The predicted molar refractivity (Wildman–Crippen MR) is 132 cm³/mol. The number of nitrogens with zero attached hydrogens (tertiary/aromatic N) is 1. The smallest absolute Gasteiger partial charge is 0.160 e. The molecule has 1 aliphatic rings. The summed E-state index contributed by atoms with van der Waals surface area (Å²) in [6.07, 6.45) is 8.85. The van der Waals surface area contributed by atoms with Crippen LogP contribution < -0.4 is 10.1 Å². The van der Waals surface area contributed by atoms with Crippen LogP contribution in [0.1, 0.15) is 56.6 Å². The van der Waals surface area contributed by atoms with E-state index in [1.54, 1.807) is 30.3 Å². The monoisotopic (exact) mass is 456 g/mol. The first-order valence-corrected chi connectivity index (χ1v) is 12.5. The number of phenols is 3. The molecule has 6 heteroatoms. The Balaban J connectivity index is 1.27. The highest BCUT2D eigenvalue weighted by molar-refractivity contribution is 5.50. The number of aromatic hydroxyl groups is 3. The minimum absolute atomic E-state index is 0.00280. The van der Waals surface area contributed by atoms with E-state index < -0.39 is 0 Å². The largest absolute Gasteiger partial charge is 0.508 e. The van der Waals surface area contributed by atoms with Crippen molar-refractivity contribution in [3.05, 3.63) is 47.5 Å². The van der Waals surface area contributed by atoms with Gasteiger partial charge in [-0.3, -0.25) is 0 Å². The van der Waals surface area contributed by atoms with Crippen LogP contribution in [0.3, 0.4) is 0 Å². The summed E-state index contributed by atoms with van der Waals surface area (Å²) in [7, 11) is 0. The van der Waals surface area contributed by atoms with E-state index >= 15 is 0 Å². The summed E-state index contributed by atoms with van der Waals surface area (Å²) in [5, 5.41) is 32.6. The average Bonchev–Trinajstić information content (AvgIpc) is 2.83. The maximum atomic E-state index is 10.1. The zero-order valence-corrected chi connectivity index (χ0v) is 19.9. The molecule has 3 rings (SSSR count). The molecule has 0 saturated heterocycles. The fourth-order valence-corrected chi connectivity index (χ4v) is 4.71. The minimum Gasteiger partial charge on any atom is -0.508 e. The SMILES string of the molecule is CCCN(CCCCCCNCCOc1ccc(O)cc1)C1CCc2c(ccc(O)c2O)C1. The van der Waals surface area contributed by atoms with Gasteiger partial charge >= 0.3 is 0 Å². The number of ether oxygens (including phenoxy) is 1. The summed E-state index contributed by atoms with van der Waals surface area (Å²) in [6.45, 7) is 6.94. The van der Waals surface area contributed by atoms with Gasteiger partial charge in [0.15, 0.2) is 11.5 Å². The predicted octanol–water partition coefficient (Wildman–Crippen LogP) is 4.60. The fourth-order valence-electron chi connectivity index (χ4n) is 4.71. The molecule has 4 N–H and O–H groups in total. The molecular weight excluding hydrogens is 416 g/mol. The first-order chi connectivity index (χ1) is 16.1. The third-order valence-electron chi connectivity index (χ3n) is 6.50.